The van der Waals surface area contributed by atoms with Gasteiger partial charge in [0.15, 0.2) is 5.76 Å². The highest BCUT2D eigenvalue weighted by atomic mass is 16.5. The highest BCUT2D eigenvalue weighted by molar-refractivity contribution is 5.91. The number of carbonyl (C=O) groups is 1. The first-order chi connectivity index (χ1) is 15.2. The molecular formula is C25H25N3O3. The van der Waals surface area contributed by atoms with E-state index in [2.05, 4.69) is 4.98 Å². The summed E-state index contributed by atoms with van der Waals surface area (Å²) in [5, 5.41) is 0. The number of nitrogens with one attached hydrogen (secondary N) is 1. The lowest BCUT2D eigenvalue weighted by molar-refractivity contribution is 0.0668. The summed E-state index contributed by atoms with van der Waals surface area (Å²) >= 11 is 0. The first-order valence-corrected chi connectivity index (χ1v) is 10.7. The van der Waals surface area contributed by atoms with Crippen molar-refractivity contribution in [2.24, 2.45) is 0 Å². The van der Waals surface area contributed by atoms with Gasteiger partial charge in [0, 0.05) is 19.0 Å². The maximum absolute atomic E-state index is 13.1. The number of hydrogen-bond donors (Lipinski definition) is 1. The zero-order chi connectivity index (χ0) is 21.2. The van der Waals surface area contributed by atoms with E-state index in [1.807, 2.05) is 66.4 Å². The van der Waals surface area contributed by atoms with Gasteiger partial charge in [0.1, 0.15) is 23.9 Å². The number of imidazole rings is 1. The number of aromatic amines is 1. The Hall–Kier alpha value is -3.54. The number of para-hydroxylation sites is 3. The van der Waals surface area contributed by atoms with E-state index in [1.165, 1.54) is 0 Å². The largest absolute Gasteiger partial charge is 0.485 e. The fraction of sp³-hybridized carbons (Fsp3) is 0.280. The van der Waals surface area contributed by atoms with Crippen molar-refractivity contribution in [3.8, 4) is 5.75 Å². The fourth-order valence-electron chi connectivity index (χ4n) is 4.14. The third kappa shape index (κ3) is 4.06. The van der Waals surface area contributed by atoms with Crippen molar-refractivity contribution >= 4 is 16.9 Å². The number of fused-ring (bicyclic) bond motifs is 1. The number of carbonyl (C=O) groups excluding carboxylic acids is 1. The number of hydrogen-bond acceptors (Lipinski definition) is 4. The summed E-state index contributed by atoms with van der Waals surface area (Å²) in [5.41, 5.74) is 3.06. The number of piperidine rings is 1. The molecule has 3 heterocycles. The van der Waals surface area contributed by atoms with Crippen LogP contribution in [0.5, 0.6) is 5.75 Å². The minimum atomic E-state index is -0.0806. The number of benzene rings is 2. The maximum atomic E-state index is 13.1. The second kappa shape index (κ2) is 8.30. The average molecular weight is 415 g/mol. The molecule has 158 valence electrons. The highest BCUT2D eigenvalue weighted by Gasteiger charge is 2.28. The molecule has 4 aromatic rings. The number of furan rings is 1. The third-order valence-electron chi connectivity index (χ3n) is 5.84. The Balaban J connectivity index is 1.25. The molecule has 2 aromatic heterocycles. The number of H-pyrrole nitrogens is 1. The van der Waals surface area contributed by atoms with Gasteiger partial charge in [0.05, 0.1) is 11.0 Å². The lowest BCUT2D eigenvalue weighted by atomic mass is 9.97. The lowest BCUT2D eigenvalue weighted by Crippen LogP contribution is -2.39. The molecule has 6 heteroatoms. The van der Waals surface area contributed by atoms with Gasteiger partial charge in [-0.2, -0.15) is 0 Å². The zero-order valence-electron chi connectivity index (χ0n) is 17.5. The van der Waals surface area contributed by atoms with Gasteiger partial charge in [0.2, 0.25) is 0 Å². The van der Waals surface area contributed by atoms with Crippen LogP contribution in [-0.4, -0.2) is 33.9 Å². The Labute approximate surface area is 180 Å². The van der Waals surface area contributed by atoms with Crippen LogP contribution >= 0.6 is 0 Å². The molecule has 0 saturated carbocycles. The van der Waals surface area contributed by atoms with Crippen molar-refractivity contribution in [1.29, 1.82) is 0 Å². The van der Waals surface area contributed by atoms with Crippen LogP contribution in [0.1, 0.15) is 46.5 Å². The molecule has 1 saturated heterocycles. The van der Waals surface area contributed by atoms with Crippen molar-refractivity contribution < 1.29 is 13.9 Å². The summed E-state index contributed by atoms with van der Waals surface area (Å²) < 4.78 is 11.6. The predicted molar refractivity (Wildman–Crippen MR) is 118 cm³/mol. The first kappa shape index (κ1) is 19.4. The van der Waals surface area contributed by atoms with Gasteiger partial charge in [-0.1, -0.05) is 30.3 Å². The molecule has 1 unspecified atom stereocenters. The number of amides is 1. The molecule has 5 rings (SSSR count). The van der Waals surface area contributed by atoms with E-state index in [0.717, 1.165) is 47.6 Å². The van der Waals surface area contributed by atoms with Gasteiger partial charge in [-0.15, -0.1) is 0 Å². The standard InChI is InChI=1S/C25H25N3O3/c1-17-7-2-5-11-22(17)30-16-19-12-13-23(31-19)25(29)28-14-6-8-18(15-28)24-26-20-9-3-4-10-21(20)27-24/h2-5,7,9-13,18H,6,8,14-16H2,1H3,(H,26,27). The zero-order valence-corrected chi connectivity index (χ0v) is 17.5. The van der Waals surface area contributed by atoms with Gasteiger partial charge in [-0.3, -0.25) is 4.79 Å². The second-order valence-corrected chi connectivity index (χ2v) is 8.05. The minimum absolute atomic E-state index is 0.0806. The van der Waals surface area contributed by atoms with E-state index in [0.29, 0.717) is 24.7 Å². The van der Waals surface area contributed by atoms with Gasteiger partial charge < -0.3 is 19.0 Å². The van der Waals surface area contributed by atoms with Crippen LogP contribution in [0.3, 0.4) is 0 Å². The third-order valence-corrected chi connectivity index (χ3v) is 5.84. The van der Waals surface area contributed by atoms with Gasteiger partial charge in [-0.05, 0) is 55.7 Å². The Morgan fingerprint density at radius 1 is 1.16 bits per heavy atom. The fourth-order valence-corrected chi connectivity index (χ4v) is 4.14. The van der Waals surface area contributed by atoms with Crippen LogP contribution in [0.2, 0.25) is 0 Å². The summed E-state index contributed by atoms with van der Waals surface area (Å²) in [6.45, 7) is 3.65. The molecule has 1 N–H and O–H groups in total. The molecule has 1 fully saturated rings. The number of aryl methyl sites for hydroxylation is 1. The number of nitrogens with zero attached hydrogens (tertiary/aromatic N) is 2. The van der Waals surface area contributed by atoms with Crippen molar-refractivity contribution in [3.05, 3.63) is 83.6 Å². The van der Waals surface area contributed by atoms with E-state index in [1.54, 1.807) is 6.07 Å². The minimum Gasteiger partial charge on any atom is -0.485 e. The molecule has 1 aliphatic rings. The molecule has 0 bridgehead atoms. The molecule has 0 aliphatic carbocycles. The van der Waals surface area contributed by atoms with Crippen molar-refractivity contribution in [2.75, 3.05) is 13.1 Å². The number of rotatable bonds is 5. The second-order valence-electron chi connectivity index (χ2n) is 8.05. The Kier molecular flexibility index (Phi) is 5.20. The highest BCUT2D eigenvalue weighted by Crippen LogP contribution is 2.28. The maximum Gasteiger partial charge on any atom is 0.289 e. The van der Waals surface area contributed by atoms with E-state index in [9.17, 15) is 4.79 Å². The van der Waals surface area contributed by atoms with Gasteiger partial charge >= 0.3 is 0 Å². The summed E-state index contributed by atoms with van der Waals surface area (Å²) in [4.78, 5) is 23.1. The average Bonchev–Trinajstić information content (AvgIpc) is 3.45. The van der Waals surface area contributed by atoms with Gasteiger partial charge in [0.25, 0.3) is 5.91 Å². The SMILES string of the molecule is Cc1ccccc1OCc1ccc(C(=O)N2CCCC(c3nc4ccccc4[nH]3)C2)o1. The Bertz CT molecular complexity index is 1180. The molecule has 2 aromatic carbocycles. The summed E-state index contributed by atoms with van der Waals surface area (Å²) in [7, 11) is 0. The van der Waals surface area contributed by atoms with E-state index >= 15 is 0 Å². The van der Waals surface area contributed by atoms with Gasteiger partial charge in [-0.25, -0.2) is 4.98 Å². The Morgan fingerprint density at radius 2 is 2.00 bits per heavy atom. The molecule has 6 nitrogen and oxygen atoms in total. The summed E-state index contributed by atoms with van der Waals surface area (Å²) in [5.74, 6) is 2.87. The molecule has 0 spiro atoms. The molecule has 31 heavy (non-hydrogen) atoms. The predicted octanol–water partition coefficient (Wildman–Crippen LogP) is 5.06. The summed E-state index contributed by atoms with van der Waals surface area (Å²) in [6, 6.07) is 19.4. The summed E-state index contributed by atoms with van der Waals surface area (Å²) in [6.07, 6.45) is 1.95. The van der Waals surface area contributed by atoms with Crippen LogP contribution in [-0.2, 0) is 6.61 Å². The Morgan fingerprint density at radius 3 is 2.87 bits per heavy atom. The smallest absolute Gasteiger partial charge is 0.289 e. The first-order valence-electron chi connectivity index (χ1n) is 10.7. The molecule has 1 aliphatic heterocycles. The number of ether oxygens (including phenoxy) is 1. The topological polar surface area (TPSA) is 71.4 Å². The van der Waals surface area contributed by atoms with Crippen LogP contribution < -0.4 is 4.74 Å². The van der Waals surface area contributed by atoms with Crippen LogP contribution in [0.25, 0.3) is 11.0 Å². The van der Waals surface area contributed by atoms with E-state index < -0.39 is 0 Å². The van der Waals surface area contributed by atoms with Crippen LogP contribution in [0.15, 0.2) is 65.1 Å². The normalized spacial score (nSPS) is 16.5. The van der Waals surface area contributed by atoms with E-state index in [-0.39, 0.29) is 11.8 Å². The van der Waals surface area contributed by atoms with Crippen LogP contribution in [0.4, 0.5) is 0 Å². The van der Waals surface area contributed by atoms with Crippen molar-refractivity contribution in [1.82, 2.24) is 14.9 Å². The monoisotopic (exact) mass is 415 g/mol. The van der Waals surface area contributed by atoms with Crippen molar-refractivity contribution in [2.45, 2.75) is 32.3 Å². The number of aromatic nitrogens is 2. The molecule has 1 amide bonds. The lowest BCUT2D eigenvalue weighted by Gasteiger charge is -2.31. The van der Waals surface area contributed by atoms with Crippen LogP contribution in [0, 0.1) is 6.92 Å². The van der Waals surface area contributed by atoms with E-state index in [4.69, 9.17) is 14.1 Å². The quantitative estimate of drug-likeness (QED) is 0.494. The number of likely N-dealkylation sites (tertiary alicyclic amines) is 1. The molecule has 1 atom stereocenters. The molecular weight excluding hydrogens is 390 g/mol. The van der Waals surface area contributed by atoms with Crippen molar-refractivity contribution in [3.63, 3.8) is 0 Å². The molecule has 0 radical (unpaired) electrons.